The van der Waals surface area contributed by atoms with Crippen LogP contribution >= 0.6 is 11.6 Å². The maximum Gasteiger partial charge on any atom is 0.257 e. The zero-order chi connectivity index (χ0) is 20.0. The molecule has 146 valence electrons. The summed E-state index contributed by atoms with van der Waals surface area (Å²) in [6.45, 7) is 0.882. The van der Waals surface area contributed by atoms with Crippen LogP contribution in [0.1, 0.15) is 46.2 Å². The maximum absolute atomic E-state index is 14.1. The van der Waals surface area contributed by atoms with E-state index in [2.05, 4.69) is 0 Å². The van der Waals surface area contributed by atoms with Gasteiger partial charge in [-0.15, -0.1) is 0 Å². The summed E-state index contributed by atoms with van der Waals surface area (Å²) in [6, 6.07) is 13.7. The Morgan fingerprint density at radius 2 is 1.83 bits per heavy atom. The number of nitrogens with zero attached hydrogens (tertiary/aromatic N) is 3. The van der Waals surface area contributed by atoms with Crippen LogP contribution in [0.4, 0.5) is 4.39 Å². The highest BCUT2D eigenvalue weighted by Gasteiger charge is 2.32. The summed E-state index contributed by atoms with van der Waals surface area (Å²) >= 11 is 6.06. The predicted molar refractivity (Wildman–Crippen MR) is 109 cm³/mol. The molecule has 1 amide bonds. The van der Waals surface area contributed by atoms with Gasteiger partial charge in [0.2, 0.25) is 0 Å². The SMILES string of the molecule is O=C(c1ccccc1F)N1CCc2nc(C3CC3)nc(-c3ccc(Cl)cc3)c2C1. The van der Waals surface area contributed by atoms with E-state index < -0.39 is 5.82 Å². The Balaban J connectivity index is 1.54. The molecule has 0 radical (unpaired) electrons. The van der Waals surface area contributed by atoms with Gasteiger partial charge in [-0.25, -0.2) is 14.4 Å². The molecule has 2 aliphatic rings. The highest BCUT2D eigenvalue weighted by molar-refractivity contribution is 6.30. The zero-order valence-electron chi connectivity index (χ0n) is 15.7. The molecule has 0 N–H and O–H groups in total. The van der Waals surface area contributed by atoms with E-state index in [4.69, 9.17) is 21.6 Å². The number of halogens is 2. The topological polar surface area (TPSA) is 46.1 Å². The summed E-state index contributed by atoms with van der Waals surface area (Å²) in [5.41, 5.74) is 3.83. The van der Waals surface area contributed by atoms with Crippen molar-refractivity contribution in [2.75, 3.05) is 6.54 Å². The first kappa shape index (κ1) is 18.3. The van der Waals surface area contributed by atoms with Crippen LogP contribution in [0.25, 0.3) is 11.3 Å². The molecule has 0 spiro atoms. The lowest BCUT2D eigenvalue weighted by atomic mass is 9.98. The minimum Gasteiger partial charge on any atom is -0.334 e. The molecule has 0 atom stereocenters. The fourth-order valence-corrected chi connectivity index (χ4v) is 3.91. The molecule has 2 heterocycles. The van der Waals surface area contributed by atoms with Gasteiger partial charge in [0.25, 0.3) is 5.91 Å². The van der Waals surface area contributed by atoms with Gasteiger partial charge in [-0.05, 0) is 37.1 Å². The minimum atomic E-state index is -0.499. The van der Waals surface area contributed by atoms with Crippen LogP contribution in [0, 0.1) is 5.82 Å². The van der Waals surface area contributed by atoms with Crippen molar-refractivity contribution in [3.63, 3.8) is 0 Å². The monoisotopic (exact) mass is 407 g/mol. The van der Waals surface area contributed by atoms with E-state index in [9.17, 15) is 9.18 Å². The second kappa shape index (κ2) is 7.23. The van der Waals surface area contributed by atoms with Crippen LogP contribution < -0.4 is 0 Å². The van der Waals surface area contributed by atoms with Crippen molar-refractivity contribution in [3.05, 3.63) is 82.0 Å². The third kappa shape index (κ3) is 3.51. The largest absolute Gasteiger partial charge is 0.334 e. The Morgan fingerprint density at radius 3 is 2.55 bits per heavy atom. The van der Waals surface area contributed by atoms with Gasteiger partial charge in [0.15, 0.2) is 0 Å². The first-order chi connectivity index (χ1) is 14.1. The van der Waals surface area contributed by atoms with E-state index in [0.29, 0.717) is 30.5 Å². The summed E-state index contributed by atoms with van der Waals surface area (Å²) in [5.74, 6) is 0.524. The standard InChI is InChI=1S/C23H19ClFN3O/c24-16-9-7-14(8-10-16)21-18-13-28(23(29)17-3-1-2-4-19(17)25)12-11-20(18)26-22(27-21)15-5-6-15/h1-4,7-10,15H,5-6,11-13H2. The second-order valence-electron chi connectivity index (χ2n) is 7.59. The summed E-state index contributed by atoms with van der Waals surface area (Å²) in [6.07, 6.45) is 2.88. The normalized spacial score (nSPS) is 15.9. The van der Waals surface area contributed by atoms with E-state index in [1.807, 2.05) is 24.3 Å². The number of benzene rings is 2. The quantitative estimate of drug-likeness (QED) is 0.613. The molecule has 6 heteroatoms. The Kier molecular flexibility index (Phi) is 4.55. The Labute approximate surface area is 173 Å². The Bertz CT molecular complexity index is 1100. The van der Waals surface area contributed by atoms with Crippen molar-refractivity contribution in [1.29, 1.82) is 0 Å². The van der Waals surface area contributed by atoms with Gasteiger partial charge in [0.1, 0.15) is 11.6 Å². The average Bonchev–Trinajstić information content (AvgIpc) is 3.58. The Hall–Kier alpha value is -2.79. The maximum atomic E-state index is 14.1. The molecule has 4 nitrogen and oxygen atoms in total. The summed E-state index contributed by atoms with van der Waals surface area (Å²) < 4.78 is 14.1. The Morgan fingerprint density at radius 1 is 1.07 bits per heavy atom. The molecular weight excluding hydrogens is 389 g/mol. The van der Waals surface area contributed by atoms with Gasteiger partial charge in [-0.3, -0.25) is 4.79 Å². The number of hydrogen-bond acceptors (Lipinski definition) is 3. The van der Waals surface area contributed by atoms with Gasteiger partial charge in [-0.1, -0.05) is 35.9 Å². The second-order valence-corrected chi connectivity index (χ2v) is 8.03. The van der Waals surface area contributed by atoms with Gasteiger partial charge >= 0.3 is 0 Å². The third-order valence-electron chi connectivity index (χ3n) is 5.53. The molecule has 0 bridgehead atoms. The van der Waals surface area contributed by atoms with Crippen LogP contribution in [0.3, 0.4) is 0 Å². The number of amides is 1. The van der Waals surface area contributed by atoms with Crippen LogP contribution in [0.2, 0.25) is 5.02 Å². The van der Waals surface area contributed by atoms with E-state index in [0.717, 1.165) is 41.2 Å². The van der Waals surface area contributed by atoms with Crippen molar-refractivity contribution in [1.82, 2.24) is 14.9 Å². The molecule has 1 saturated carbocycles. The lowest BCUT2D eigenvalue weighted by Crippen LogP contribution is -2.37. The molecule has 1 aromatic heterocycles. The highest BCUT2D eigenvalue weighted by atomic mass is 35.5. The first-order valence-electron chi connectivity index (χ1n) is 9.79. The number of aromatic nitrogens is 2. The van der Waals surface area contributed by atoms with E-state index in [1.54, 1.807) is 17.0 Å². The molecular formula is C23H19ClFN3O. The van der Waals surface area contributed by atoms with Crippen molar-refractivity contribution in [3.8, 4) is 11.3 Å². The molecule has 1 aliphatic heterocycles. The third-order valence-corrected chi connectivity index (χ3v) is 5.78. The van der Waals surface area contributed by atoms with Gasteiger partial charge < -0.3 is 4.90 Å². The van der Waals surface area contributed by atoms with Crippen molar-refractivity contribution < 1.29 is 9.18 Å². The van der Waals surface area contributed by atoms with E-state index in [-0.39, 0.29) is 11.5 Å². The van der Waals surface area contributed by atoms with Crippen LogP contribution in [-0.2, 0) is 13.0 Å². The fourth-order valence-electron chi connectivity index (χ4n) is 3.78. The van der Waals surface area contributed by atoms with Gasteiger partial charge in [-0.2, -0.15) is 0 Å². The summed E-state index contributed by atoms with van der Waals surface area (Å²) in [4.78, 5) is 24.3. The van der Waals surface area contributed by atoms with Crippen molar-refractivity contribution >= 4 is 17.5 Å². The molecule has 5 rings (SSSR count). The van der Waals surface area contributed by atoms with E-state index in [1.165, 1.54) is 12.1 Å². The summed E-state index contributed by atoms with van der Waals surface area (Å²) in [7, 11) is 0. The van der Waals surface area contributed by atoms with Crippen LogP contribution in [0.5, 0.6) is 0 Å². The number of carbonyl (C=O) groups excluding carboxylic acids is 1. The van der Waals surface area contributed by atoms with Crippen LogP contribution in [0.15, 0.2) is 48.5 Å². The fraction of sp³-hybridized carbons (Fsp3) is 0.261. The van der Waals surface area contributed by atoms with Gasteiger partial charge in [0.05, 0.1) is 17.0 Å². The number of carbonyl (C=O) groups is 1. The lowest BCUT2D eigenvalue weighted by molar-refractivity contribution is 0.0729. The molecule has 0 saturated heterocycles. The number of hydrogen-bond donors (Lipinski definition) is 0. The molecule has 29 heavy (non-hydrogen) atoms. The highest BCUT2D eigenvalue weighted by Crippen LogP contribution is 2.40. The predicted octanol–water partition coefficient (Wildman–Crippen LogP) is 5.01. The summed E-state index contributed by atoms with van der Waals surface area (Å²) in [5, 5.41) is 0.662. The molecule has 1 aliphatic carbocycles. The minimum absolute atomic E-state index is 0.0968. The van der Waals surface area contributed by atoms with Crippen LogP contribution in [-0.4, -0.2) is 27.3 Å². The van der Waals surface area contributed by atoms with Crippen molar-refractivity contribution in [2.45, 2.75) is 31.7 Å². The smallest absolute Gasteiger partial charge is 0.257 e. The molecule has 2 aromatic carbocycles. The molecule has 3 aromatic rings. The number of rotatable bonds is 3. The van der Waals surface area contributed by atoms with Gasteiger partial charge in [0, 0.05) is 41.6 Å². The van der Waals surface area contributed by atoms with E-state index >= 15 is 0 Å². The molecule has 0 unspecified atom stereocenters. The molecule has 1 fully saturated rings. The first-order valence-corrected chi connectivity index (χ1v) is 10.2. The number of fused-ring (bicyclic) bond motifs is 1. The average molecular weight is 408 g/mol. The lowest BCUT2D eigenvalue weighted by Gasteiger charge is -2.30. The zero-order valence-corrected chi connectivity index (χ0v) is 16.5. The van der Waals surface area contributed by atoms with Crippen molar-refractivity contribution in [2.24, 2.45) is 0 Å².